The predicted molar refractivity (Wildman–Crippen MR) is 163 cm³/mol. The molecule has 1 aromatic carbocycles. The Labute approximate surface area is 234 Å². The maximum Gasteiger partial charge on any atom is 0.328 e. The predicted octanol–water partition coefficient (Wildman–Crippen LogP) is 7.85. The number of H-pyrrole nitrogens is 1. The SMILES string of the molecule is CCCCCCCCCC=CC=CC=CC=CC=CC(=O)O.COc1ccc2[nH]cc(CCNC(C)=O)c2c1. The third-order valence-corrected chi connectivity index (χ3v) is 5.87. The molecule has 0 aliphatic heterocycles. The summed E-state index contributed by atoms with van der Waals surface area (Å²) in [6, 6.07) is 5.93. The first-order chi connectivity index (χ1) is 19.0. The number of unbranched alkanes of at least 4 members (excludes halogenated alkanes) is 7. The van der Waals surface area contributed by atoms with E-state index in [0.29, 0.717) is 6.54 Å². The lowest BCUT2D eigenvalue weighted by molar-refractivity contribution is -0.131. The van der Waals surface area contributed by atoms with Crippen LogP contribution in [-0.2, 0) is 16.0 Å². The third-order valence-electron chi connectivity index (χ3n) is 5.87. The number of allylic oxidation sites excluding steroid dienone is 9. The fourth-order valence-electron chi connectivity index (χ4n) is 3.78. The summed E-state index contributed by atoms with van der Waals surface area (Å²) in [7, 11) is 1.66. The van der Waals surface area contributed by atoms with Gasteiger partial charge >= 0.3 is 5.97 Å². The number of carbonyl (C=O) groups is 2. The fraction of sp³-hybridized carbons (Fsp3) is 0.394. The number of carboxylic acid groups (broad SMARTS) is 1. The van der Waals surface area contributed by atoms with Crippen LogP contribution < -0.4 is 10.1 Å². The van der Waals surface area contributed by atoms with Gasteiger partial charge in [0.05, 0.1) is 7.11 Å². The normalized spacial score (nSPS) is 11.8. The van der Waals surface area contributed by atoms with E-state index in [-0.39, 0.29) is 5.91 Å². The second-order valence-electron chi connectivity index (χ2n) is 9.15. The Morgan fingerprint density at radius 1 is 0.923 bits per heavy atom. The van der Waals surface area contributed by atoms with Crippen LogP contribution in [0.3, 0.4) is 0 Å². The highest BCUT2D eigenvalue weighted by Crippen LogP contribution is 2.23. The lowest BCUT2D eigenvalue weighted by atomic mass is 10.1. The maximum absolute atomic E-state index is 10.8. The number of carbonyl (C=O) groups excluding carboxylic acids is 1. The van der Waals surface area contributed by atoms with Crippen LogP contribution in [0.4, 0.5) is 0 Å². The van der Waals surface area contributed by atoms with Gasteiger partial charge in [-0.2, -0.15) is 0 Å². The molecule has 6 nitrogen and oxygen atoms in total. The summed E-state index contributed by atoms with van der Waals surface area (Å²) >= 11 is 0. The van der Waals surface area contributed by atoms with Gasteiger partial charge in [0.1, 0.15) is 5.75 Å². The zero-order valence-corrected chi connectivity index (χ0v) is 23.8. The van der Waals surface area contributed by atoms with Gasteiger partial charge in [-0.15, -0.1) is 0 Å². The monoisotopic (exact) mass is 534 g/mol. The summed E-state index contributed by atoms with van der Waals surface area (Å²) in [5.41, 5.74) is 2.27. The van der Waals surface area contributed by atoms with Crippen LogP contribution in [0, 0.1) is 0 Å². The van der Waals surface area contributed by atoms with Gasteiger partial charge in [0.25, 0.3) is 0 Å². The van der Waals surface area contributed by atoms with E-state index in [1.807, 2.05) is 48.7 Å². The molecule has 2 rings (SSSR count). The average Bonchev–Trinajstić information content (AvgIpc) is 3.32. The molecule has 3 N–H and O–H groups in total. The van der Waals surface area contributed by atoms with E-state index in [1.165, 1.54) is 63.5 Å². The number of hydrogen-bond donors (Lipinski definition) is 3. The largest absolute Gasteiger partial charge is 0.497 e. The third kappa shape index (κ3) is 17.4. The molecule has 0 atom stereocenters. The van der Waals surface area contributed by atoms with Gasteiger partial charge in [-0.05, 0) is 43.0 Å². The van der Waals surface area contributed by atoms with E-state index >= 15 is 0 Å². The minimum atomic E-state index is -0.931. The van der Waals surface area contributed by atoms with Crippen molar-refractivity contribution in [3.63, 3.8) is 0 Å². The molecule has 0 spiro atoms. The highest BCUT2D eigenvalue weighted by Gasteiger charge is 2.05. The molecule has 6 heteroatoms. The Balaban J connectivity index is 0.000000400. The van der Waals surface area contributed by atoms with Crippen molar-refractivity contribution in [1.82, 2.24) is 10.3 Å². The van der Waals surface area contributed by atoms with Crippen molar-refractivity contribution >= 4 is 22.8 Å². The summed E-state index contributed by atoms with van der Waals surface area (Å²) < 4.78 is 5.21. The Bertz CT molecular complexity index is 1110. The molecule has 0 radical (unpaired) electrons. The number of rotatable bonds is 17. The van der Waals surface area contributed by atoms with Gasteiger partial charge < -0.3 is 20.1 Å². The minimum absolute atomic E-state index is 0.00224. The van der Waals surface area contributed by atoms with Crippen LogP contribution in [0.5, 0.6) is 5.75 Å². The first-order valence-electron chi connectivity index (χ1n) is 13.9. The van der Waals surface area contributed by atoms with Gasteiger partial charge in [-0.25, -0.2) is 4.79 Å². The molecular formula is C33H46N2O4. The molecule has 0 aliphatic rings. The number of amides is 1. The second kappa shape index (κ2) is 22.2. The number of aliphatic carboxylic acids is 1. The molecule has 212 valence electrons. The molecule has 0 unspecified atom stereocenters. The number of carboxylic acids is 1. The van der Waals surface area contributed by atoms with Gasteiger partial charge in [-0.3, -0.25) is 4.79 Å². The number of methoxy groups -OCH3 is 1. The summed E-state index contributed by atoms with van der Waals surface area (Å²) in [5, 5.41) is 12.3. The molecule has 0 bridgehead atoms. The topological polar surface area (TPSA) is 91.4 Å². The molecule has 0 aliphatic carbocycles. The van der Waals surface area contributed by atoms with Crippen LogP contribution in [0.1, 0.15) is 70.8 Å². The zero-order chi connectivity index (χ0) is 28.6. The number of fused-ring (bicyclic) bond motifs is 1. The van der Waals surface area contributed by atoms with Crippen molar-refractivity contribution < 1.29 is 19.4 Å². The Kier molecular flexibility index (Phi) is 18.9. The molecule has 1 heterocycles. The van der Waals surface area contributed by atoms with Crippen molar-refractivity contribution in [2.24, 2.45) is 0 Å². The zero-order valence-electron chi connectivity index (χ0n) is 23.8. The summed E-state index contributed by atoms with van der Waals surface area (Å²) in [6.45, 7) is 4.43. The van der Waals surface area contributed by atoms with Crippen molar-refractivity contribution in [3.8, 4) is 5.75 Å². The molecule has 39 heavy (non-hydrogen) atoms. The number of hydrogen-bond acceptors (Lipinski definition) is 3. The van der Waals surface area contributed by atoms with Gasteiger partial charge in [0.15, 0.2) is 0 Å². The van der Waals surface area contributed by atoms with E-state index in [1.54, 1.807) is 19.3 Å². The molecule has 1 amide bonds. The number of benzene rings is 1. The summed E-state index contributed by atoms with van der Waals surface area (Å²) in [6.07, 6.45) is 31.6. The fourth-order valence-corrected chi connectivity index (χ4v) is 3.78. The standard InChI is InChI=1S/C20H30O2.C13H16N2O2/c1-2-3-4-5-6-7-8-9-10-11-12-13-14-15-16-17-18-19-20(21)22;1-9(16)14-6-5-10-8-15-13-4-3-11(17-2)7-12(10)13/h10-19H,2-9H2,1H3,(H,21,22);3-4,7-8,15H,5-6H2,1-2H3,(H,14,16). The molecular weight excluding hydrogens is 488 g/mol. The van der Waals surface area contributed by atoms with Crippen LogP contribution >= 0.6 is 0 Å². The van der Waals surface area contributed by atoms with E-state index < -0.39 is 5.97 Å². The van der Waals surface area contributed by atoms with E-state index in [9.17, 15) is 9.59 Å². The molecule has 0 saturated carbocycles. The van der Waals surface area contributed by atoms with Crippen LogP contribution in [0.2, 0.25) is 0 Å². The maximum atomic E-state index is 10.8. The molecule has 0 fully saturated rings. The highest BCUT2D eigenvalue weighted by molar-refractivity contribution is 5.84. The van der Waals surface area contributed by atoms with Gasteiger partial charge in [-0.1, -0.05) is 100 Å². The Morgan fingerprint density at radius 3 is 2.21 bits per heavy atom. The number of ether oxygens (including phenoxy) is 1. The smallest absolute Gasteiger partial charge is 0.328 e. The van der Waals surface area contributed by atoms with E-state index in [2.05, 4.69) is 29.4 Å². The summed E-state index contributed by atoms with van der Waals surface area (Å²) in [5.74, 6) is -0.0834. The lowest BCUT2D eigenvalue weighted by Crippen LogP contribution is -2.22. The molecule has 0 saturated heterocycles. The van der Waals surface area contributed by atoms with Crippen LogP contribution in [-0.4, -0.2) is 35.6 Å². The minimum Gasteiger partial charge on any atom is -0.497 e. The highest BCUT2D eigenvalue weighted by atomic mass is 16.5. The molecule has 2 aromatic rings. The first-order valence-corrected chi connectivity index (χ1v) is 13.9. The quantitative estimate of drug-likeness (QED) is 0.109. The lowest BCUT2D eigenvalue weighted by Gasteiger charge is -2.03. The first kappa shape index (κ1) is 33.2. The number of aromatic amines is 1. The van der Waals surface area contributed by atoms with E-state index in [0.717, 1.165) is 35.6 Å². The summed E-state index contributed by atoms with van der Waals surface area (Å²) in [4.78, 5) is 24.2. The van der Waals surface area contributed by atoms with Crippen molar-refractivity contribution in [3.05, 3.63) is 90.7 Å². The van der Waals surface area contributed by atoms with Crippen molar-refractivity contribution in [2.75, 3.05) is 13.7 Å². The number of nitrogens with one attached hydrogen (secondary N) is 2. The van der Waals surface area contributed by atoms with Crippen LogP contribution in [0.25, 0.3) is 10.9 Å². The van der Waals surface area contributed by atoms with Crippen molar-refractivity contribution in [2.45, 2.75) is 71.6 Å². The average molecular weight is 535 g/mol. The van der Waals surface area contributed by atoms with Gasteiger partial charge in [0, 0.05) is 36.6 Å². The van der Waals surface area contributed by atoms with E-state index in [4.69, 9.17) is 9.84 Å². The Hall–Kier alpha value is -3.80. The second-order valence-corrected chi connectivity index (χ2v) is 9.15. The van der Waals surface area contributed by atoms with Crippen molar-refractivity contribution in [1.29, 1.82) is 0 Å². The molecule has 1 aromatic heterocycles. The number of aromatic nitrogens is 1. The van der Waals surface area contributed by atoms with Gasteiger partial charge in [0.2, 0.25) is 5.91 Å². The Morgan fingerprint density at radius 2 is 1.56 bits per heavy atom. The van der Waals surface area contributed by atoms with Crippen LogP contribution in [0.15, 0.2) is 85.2 Å².